The molecule has 0 heterocycles. The van der Waals surface area contributed by atoms with Gasteiger partial charge in [-0.05, 0) is 50.0 Å². The van der Waals surface area contributed by atoms with Crippen LogP contribution in [0.15, 0.2) is 0 Å². The van der Waals surface area contributed by atoms with Crippen molar-refractivity contribution in [3.8, 4) is 0 Å². The van der Waals surface area contributed by atoms with Gasteiger partial charge in [-0.25, -0.2) is 0 Å². The smallest absolute Gasteiger partial charge is 0.00461 e. The lowest BCUT2D eigenvalue weighted by molar-refractivity contribution is 0.216. The van der Waals surface area contributed by atoms with Crippen LogP contribution < -0.4 is 5.73 Å². The Kier molecular flexibility index (Phi) is 2.17. The van der Waals surface area contributed by atoms with Gasteiger partial charge in [0.05, 0.1) is 0 Å². The molecule has 2 aliphatic carbocycles. The predicted octanol–water partition coefficient (Wildman–Crippen LogP) is 2.16. The molecule has 0 amide bonds. The van der Waals surface area contributed by atoms with E-state index in [0.717, 1.165) is 24.3 Å². The maximum Gasteiger partial charge on any atom is -0.00461 e. The summed E-state index contributed by atoms with van der Waals surface area (Å²) in [5.74, 6) is 2.99. The fourth-order valence-electron chi connectivity index (χ4n) is 2.67. The molecule has 2 saturated carbocycles. The summed E-state index contributed by atoms with van der Waals surface area (Å²) in [6, 6.07) is 0. The Labute approximate surface area is 69.4 Å². The van der Waals surface area contributed by atoms with Gasteiger partial charge in [0.1, 0.15) is 0 Å². The molecule has 0 saturated heterocycles. The second-order valence-corrected chi connectivity index (χ2v) is 4.28. The van der Waals surface area contributed by atoms with Crippen LogP contribution in [0.1, 0.15) is 38.5 Å². The normalized spacial score (nSPS) is 39.0. The van der Waals surface area contributed by atoms with Crippen molar-refractivity contribution in [3.63, 3.8) is 0 Å². The average molecular weight is 153 g/mol. The topological polar surface area (TPSA) is 26.0 Å². The lowest BCUT2D eigenvalue weighted by Crippen LogP contribution is -2.27. The van der Waals surface area contributed by atoms with Crippen LogP contribution in [0.2, 0.25) is 0 Å². The zero-order valence-corrected chi connectivity index (χ0v) is 7.26. The molecule has 0 unspecified atom stereocenters. The molecule has 1 heteroatoms. The molecule has 0 spiro atoms. The largest absolute Gasteiger partial charge is 0.330 e. The minimum atomic E-state index is 0.885. The van der Waals surface area contributed by atoms with Crippen molar-refractivity contribution in [2.75, 3.05) is 6.54 Å². The molecule has 0 aromatic carbocycles. The maximum absolute atomic E-state index is 5.76. The summed E-state index contributed by atoms with van der Waals surface area (Å²) in [4.78, 5) is 0. The summed E-state index contributed by atoms with van der Waals surface area (Å²) in [5.41, 5.74) is 5.76. The Balaban J connectivity index is 1.91. The van der Waals surface area contributed by atoms with Crippen LogP contribution in [0.25, 0.3) is 0 Å². The third-order valence-electron chi connectivity index (χ3n) is 3.50. The lowest BCUT2D eigenvalue weighted by atomic mass is 9.76. The molecule has 0 aromatic rings. The van der Waals surface area contributed by atoms with Gasteiger partial charge in [-0.1, -0.05) is 12.8 Å². The molecule has 0 aromatic heterocycles. The van der Waals surface area contributed by atoms with E-state index in [1.165, 1.54) is 38.5 Å². The first-order chi connectivity index (χ1) is 5.42. The average Bonchev–Trinajstić information content (AvgIpc) is 2.87. The predicted molar refractivity (Wildman–Crippen MR) is 47.2 cm³/mol. The lowest BCUT2D eigenvalue weighted by Gasteiger charge is -2.30. The molecule has 2 atom stereocenters. The number of nitrogens with two attached hydrogens (primary N) is 1. The van der Waals surface area contributed by atoms with E-state index in [1.807, 2.05) is 0 Å². The first-order valence-electron chi connectivity index (χ1n) is 5.12. The van der Waals surface area contributed by atoms with Crippen LogP contribution in [0.3, 0.4) is 0 Å². The molecule has 1 nitrogen and oxygen atoms in total. The molecule has 2 N–H and O–H groups in total. The Hall–Kier alpha value is -0.0400. The quantitative estimate of drug-likeness (QED) is 0.646. The molecule has 2 aliphatic rings. The van der Waals surface area contributed by atoms with Crippen LogP contribution in [0, 0.1) is 17.8 Å². The van der Waals surface area contributed by atoms with E-state index in [9.17, 15) is 0 Å². The maximum atomic E-state index is 5.76. The van der Waals surface area contributed by atoms with Crippen molar-refractivity contribution in [3.05, 3.63) is 0 Å². The molecule has 0 bridgehead atoms. The third-order valence-corrected chi connectivity index (χ3v) is 3.50. The Bertz CT molecular complexity index is 129. The SMILES string of the molecule is NC[C@@H]1CCCC[C@H]1C1CC1. The Morgan fingerprint density at radius 3 is 2.36 bits per heavy atom. The highest BCUT2D eigenvalue weighted by atomic mass is 14.6. The van der Waals surface area contributed by atoms with Crippen molar-refractivity contribution in [2.24, 2.45) is 23.5 Å². The summed E-state index contributed by atoms with van der Waals surface area (Å²) in [7, 11) is 0. The standard InChI is InChI=1S/C10H19N/c11-7-9-3-1-2-4-10(9)8-5-6-8/h8-10H,1-7,11H2/t9-,10-/m0/s1. The fourth-order valence-corrected chi connectivity index (χ4v) is 2.67. The van der Waals surface area contributed by atoms with Gasteiger partial charge < -0.3 is 5.73 Å². The third kappa shape index (κ3) is 1.58. The molecule has 0 radical (unpaired) electrons. The van der Waals surface area contributed by atoms with E-state index in [0.29, 0.717) is 0 Å². The summed E-state index contributed by atoms with van der Waals surface area (Å²) >= 11 is 0. The van der Waals surface area contributed by atoms with Crippen molar-refractivity contribution in [1.82, 2.24) is 0 Å². The molecular formula is C10H19N. The van der Waals surface area contributed by atoms with Crippen LogP contribution in [-0.2, 0) is 0 Å². The van der Waals surface area contributed by atoms with E-state index in [1.54, 1.807) is 0 Å². The second-order valence-electron chi connectivity index (χ2n) is 4.28. The molecule has 2 rings (SSSR count). The zero-order chi connectivity index (χ0) is 7.68. The van der Waals surface area contributed by atoms with Gasteiger partial charge in [0.15, 0.2) is 0 Å². The van der Waals surface area contributed by atoms with Crippen molar-refractivity contribution in [2.45, 2.75) is 38.5 Å². The molecule has 2 fully saturated rings. The van der Waals surface area contributed by atoms with E-state index in [-0.39, 0.29) is 0 Å². The molecular weight excluding hydrogens is 134 g/mol. The zero-order valence-electron chi connectivity index (χ0n) is 7.26. The minimum Gasteiger partial charge on any atom is -0.330 e. The minimum absolute atomic E-state index is 0.885. The number of rotatable bonds is 2. The molecule has 64 valence electrons. The highest BCUT2D eigenvalue weighted by Crippen LogP contribution is 2.46. The molecule has 0 aliphatic heterocycles. The van der Waals surface area contributed by atoms with Crippen LogP contribution in [0.4, 0.5) is 0 Å². The monoisotopic (exact) mass is 153 g/mol. The summed E-state index contributed by atoms with van der Waals surface area (Å²) < 4.78 is 0. The first-order valence-corrected chi connectivity index (χ1v) is 5.12. The molecule has 11 heavy (non-hydrogen) atoms. The number of hydrogen-bond donors (Lipinski definition) is 1. The van der Waals surface area contributed by atoms with Gasteiger partial charge in [0.2, 0.25) is 0 Å². The van der Waals surface area contributed by atoms with Gasteiger partial charge in [-0.15, -0.1) is 0 Å². The van der Waals surface area contributed by atoms with Crippen molar-refractivity contribution in [1.29, 1.82) is 0 Å². The summed E-state index contributed by atoms with van der Waals surface area (Å²) in [6.07, 6.45) is 8.80. The number of hydrogen-bond acceptors (Lipinski definition) is 1. The summed E-state index contributed by atoms with van der Waals surface area (Å²) in [6.45, 7) is 0.946. The Morgan fingerprint density at radius 2 is 1.73 bits per heavy atom. The van der Waals surface area contributed by atoms with Crippen molar-refractivity contribution >= 4 is 0 Å². The highest BCUT2D eigenvalue weighted by Gasteiger charge is 2.36. The van der Waals surface area contributed by atoms with Crippen LogP contribution in [0.5, 0.6) is 0 Å². The first kappa shape index (κ1) is 7.60. The van der Waals surface area contributed by atoms with Crippen LogP contribution in [-0.4, -0.2) is 6.54 Å². The van der Waals surface area contributed by atoms with Gasteiger partial charge in [0, 0.05) is 0 Å². The van der Waals surface area contributed by atoms with Gasteiger partial charge >= 0.3 is 0 Å². The van der Waals surface area contributed by atoms with E-state index in [4.69, 9.17) is 5.73 Å². The summed E-state index contributed by atoms with van der Waals surface area (Å²) in [5, 5.41) is 0. The van der Waals surface area contributed by atoms with Crippen LogP contribution >= 0.6 is 0 Å². The highest BCUT2D eigenvalue weighted by molar-refractivity contribution is 4.88. The van der Waals surface area contributed by atoms with Gasteiger partial charge in [-0.2, -0.15) is 0 Å². The van der Waals surface area contributed by atoms with E-state index in [2.05, 4.69) is 0 Å². The van der Waals surface area contributed by atoms with E-state index >= 15 is 0 Å². The van der Waals surface area contributed by atoms with Gasteiger partial charge in [0.25, 0.3) is 0 Å². The fraction of sp³-hybridized carbons (Fsp3) is 1.00. The van der Waals surface area contributed by atoms with Gasteiger partial charge in [-0.3, -0.25) is 0 Å². The van der Waals surface area contributed by atoms with Crippen molar-refractivity contribution < 1.29 is 0 Å². The Morgan fingerprint density at radius 1 is 1.00 bits per heavy atom. The van der Waals surface area contributed by atoms with E-state index < -0.39 is 0 Å². The second kappa shape index (κ2) is 3.14.